The van der Waals surface area contributed by atoms with Crippen molar-refractivity contribution >= 4 is 11.6 Å². The summed E-state index contributed by atoms with van der Waals surface area (Å²) >= 11 is 6.06. The van der Waals surface area contributed by atoms with Gasteiger partial charge in [0.05, 0.1) is 0 Å². The molecule has 0 radical (unpaired) electrons. The molecule has 0 saturated carbocycles. The van der Waals surface area contributed by atoms with E-state index in [0.717, 1.165) is 25.1 Å². The van der Waals surface area contributed by atoms with Gasteiger partial charge in [0.15, 0.2) is 0 Å². The van der Waals surface area contributed by atoms with Gasteiger partial charge in [0.25, 0.3) is 0 Å². The van der Waals surface area contributed by atoms with Crippen molar-refractivity contribution in [3.8, 4) is 0 Å². The van der Waals surface area contributed by atoms with Crippen LogP contribution in [0.3, 0.4) is 0 Å². The molecule has 2 unspecified atom stereocenters. The minimum Gasteiger partial charge on any atom is -0.328 e. The van der Waals surface area contributed by atoms with Crippen LogP contribution in [0.2, 0.25) is 5.02 Å². The first-order chi connectivity index (χ1) is 8.06. The van der Waals surface area contributed by atoms with Crippen molar-refractivity contribution in [1.82, 2.24) is 4.90 Å². The van der Waals surface area contributed by atoms with Gasteiger partial charge in [0, 0.05) is 24.2 Å². The Bertz CT molecular complexity index is 395. The zero-order valence-corrected chi connectivity index (χ0v) is 10.8. The Kier molecular flexibility index (Phi) is 4.02. The van der Waals surface area contributed by atoms with E-state index >= 15 is 0 Å². The average molecular weight is 257 g/mol. The Morgan fingerprint density at radius 1 is 1.59 bits per heavy atom. The zero-order valence-electron chi connectivity index (χ0n) is 10.00. The molecule has 2 nitrogen and oxygen atoms in total. The number of likely N-dealkylation sites (tertiary alicyclic amines) is 1. The van der Waals surface area contributed by atoms with E-state index in [-0.39, 0.29) is 11.9 Å². The summed E-state index contributed by atoms with van der Waals surface area (Å²) in [6.07, 6.45) is 1.12. The SMILES string of the molecule is CC(N)C1CCN(Cc2cc(F)ccc2Cl)C1. The first kappa shape index (κ1) is 12.8. The Morgan fingerprint density at radius 2 is 2.35 bits per heavy atom. The summed E-state index contributed by atoms with van der Waals surface area (Å²) in [6.45, 7) is 4.74. The molecule has 2 N–H and O–H groups in total. The van der Waals surface area contributed by atoms with Crippen LogP contribution in [0.4, 0.5) is 4.39 Å². The first-order valence-electron chi connectivity index (χ1n) is 5.98. The van der Waals surface area contributed by atoms with Crippen LogP contribution in [0.1, 0.15) is 18.9 Å². The van der Waals surface area contributed by atoms with Gasteiger partial charge in [-0.2, -0.15) is 0 Å². The molecule has 2 rings (SSSR count). The number of hydrogen-bond acceptors (Lipinski definition) is 2. The van der Waals surface area contributed by atoms with Crippen molar-refractivity contribution in [3.05, 3.63) is 34.6 Å². The Balaban J connectivity index is 2.00. The summed E-state index contributed by atoms with van der Waals surface area (Å²) in [5.74, 6) is 0.315. The van der Waals surface area contributed by atoms with E-state index in [1.54, 1.807) is 6.07 Å². The Hall–Kier alpha value is -0.640. The highest BCUT2D eigenvalue weighted by Gasteiger charge is 2.25. The lowest BCUT2D eigenvalue weighted by atomic mass is 10.0. The fourth-order valence-corrected chi connectivity index (χ4v) is 2.52. The van der Waals surface area contributed by atoms with E-state index in [2.05, 4.69) is 4.90 Å². The highest BCUT2D eigenvalue weighted by Crippen LogP contribution is 2.24. The molecule has 0 aromatic heterocycles. The van der Waals surface area contributed by atoms with Crippen LogP contribution >= 0.6 is 11.6 Å². The second kappa shape index (κ2) is 5.34. The molecule has 0 spiro atoms. The molecule has 1 saturated heterocycles. The quantitative estimate of drug-likeness (QED) is 0.901. The molecule has 1 heterocycles. The highest BCUT2D eigenvalue weighted by atomic mass is 35.5. The number of benzene rings is 1. The lowest BCUT2D eigenvalue weighted by Crippen LogP contribution is -2.29. The van der Waals surface area contributed by atoms with Crippen LogP contribution in [0, 0.1) is 11.7 Å². The van der Waals surface area contributed by atoms with E-state index < -0.39 is 0 Å². The summed E-state index contributed by atoms with van der Waals surface area (Å²) in [5.41, 5.74) is 6.75. The van der Waals surface area contributed by atoms with Crippen molar-refractivity contribution in [1.29, 1.82) is 0 Å². The number of halogens is 2. The van der Waals surface area contributed by atoms with Crippen LogP contribution in [0.15, 0.2) is 18.2 Å². The summed E-state index contributed by atoms with van der Waals surface area (Å²) in [5, 5.41) is 0.635. The van der Waals surface area contributed by atoms with Crippen LogP contribution in [0.25, 0.3) is 0 Å². The molecular formula is C13H18ClFN2. The maximum atomic E-state index is 13.1. The van der Waals surface area contributed by atoms with Crippen LogP contribution in [-0.2, 0) is 6.54 Å². The second-order valence-corrected chi connectivity index (χ2v) is 5.29. The number of nitrogens with zero attached hydrogens (tertiary/aromatic N) is 1. The van der Waals surface area contributed by atoms with Crippen LogP contribution in [-0.4, -0.2) is 24.0 Å². The summed E-state index contributed by atoms with van der Waals surface area (Å²) in [7, 11) is 0. The van der Waals surface area contributed by atoms with Crippen molar-refractivity contribution in [2.75, 3.05) is 13.1 Å². The molecule has 94 valence electrons. The van der Waals surface area contributed by atoms with Gasteiger partial charge in [-0.25, -0.2) is 4.39 Å². The van der Waals surface area contributed by atoms with Gasteiger partial charge in [-0.3, -0.25) is 4.90 Å². The van der Waals surface area contributed by atoms with Gasteiger partial charge in [-0.05, 0) is 49.6 Å². The van der Waals surface area contributed by atoms with E-state index in [1.807, 2.05) is 6.92 Å². The average Bonchev–Trinajstić information content (AvgIpc) is 2.72. The van der Waals surface area contributed by atoms with E-state index in [9.17, 15) is 4.39 Å². The maximum Gasteiger partial charge on any atom is 0.123 e. The predicted molar refractivity (Wildman–Crippen MR) is 68.4 cm³/mol. The summed E-state index contributed by atoms with van der Waals surface area (Å²) < 4.78 is 13.1. The van der Waals surface area contributed by atoms with E-state index in [0.29, 0.717) is 17.5 Å². The minimum atomic E-state index is -0.229. The molecule has 0 aliphatic carbocycles. The summed E-state index contributed by atoms with van der Waals surface area (Å²) in [4.78, 5) is 2.29. The highest BCUT2D eigenvalue weighted by molar-refractivity contribution is 6.31. The molecule has 17 heavy (non-hydrogen) atoms. The van der Waals surface area contributed by atoms with Gasteiger partial charge >= 0.3 is 0 Å². The Morgan fingerprint density at radius 3 is 3.00 bits per heavy atom. The fraction of sp³-hybridized carbons (Fsp3) is 0.538. The normalized spacial score (nSPS) is 22.9. The minimum absolute atomic E-state index is 0.225. The zero-order chi connectivity index (χ0) is 12.4. The molecule has 1 aliphatic heterocycles. The molecular weight excluding hydrogens is 239 g/mol. The van der Waals surface area contributed by atoms with Gasteiger partial charge in [-0.15, -0.1) is 0 Å². The first-order valence-corrected chi connectivity index (χ1v) is 6.36. The summed E-state index contributed by atoms with van der Waals surface area (Å²) in [6, 6.07) is 4.75. The molecule has 0 amide bonds. The van der Waals surface area contributed by atoms with Crippen molar-refractivity contribution in [2.24, 2.45) is 11.7 Å². The van der Waals surface area contributed by atoms with Crippen molar-refractivity contribution in [3.63, 3.8) is 0 Å². The van der Waals surface area contributed by atoms with Gasteiger partial charge in [0.2, 0.25) is 0 Å². The molecule has 1 aliphatic rings. The smallest absolute Gasteiger partial charge is 0.123 e. The Labute approximate surface area is 107 Å². The molecule has 1 fully saturated rings. The standard InChI is InChI=1S/C13H18ClFN2/c1-9(16)10-4-5-17(7-10)8-11-6-12(15)2-3-13(11)14/h2-3,6,9-10H,4-5,7-8,16H2,1H3. The molecule has 0 bridgehead atoms. The van der Waals surface area contributed by atoms with Gasteiger partial charge < -0.3 is 5.73 Å². The molecule has 4 heteroatoms. The van der Waals surface area contributed by atoms with Crippen LogP contribution < -0.4 is 5.73 Å². The molecule has 1 aromatic carbocycles. The predicted octanol–water partition coefficient (Wildman–Crippen LogP) is 2.65. The number of hydrogen-bond donors (Lipinski definition) is 1. The van der Waals surface area contributed by atoms with E-state index in [1.165, 1.54) is 12.1 Å². The lowest BCUT2D eigenvalue weighted by molar-refractivity contribution is 0.308. The number of rotatable bonds is 3. The van der Waals surface area contributed by atoms with E-state index in [4.69, 9.17) is 17.3 Å². The monoisotopic (exact) mass is 256 g/mol. The van der Waals surface area contributed by atoms with Gasteiger partial charge in [0.1, 0.15) is 5.82 Å². The van der Waals surface area contributed by atoms with Crippen LogP contribution in [0.5, 0.6) is 0 Å². The maximum absolute atomic E-state index is 13.1. The molecule has 1 aromatic rings. The van der Waals surface area contributed by atoms with Gasteiger partial charge in [-0.1, -0.05) is 11.6 Å². The molecule has 2 atom stereocenters. The third-order valence-electron chi connectivity index (χ3n) is 3.45. The second-order valence-electron chi connectivity index (χ2n) is 4.88. The number of nitrogens with two attached hydrogens (primary N) is 1. The third-order valence-corrected chi connectivity index (χ3v) is 3.82. The largest absolute Gasteiger partial charge is 0.328 e. The topological polar surface area (TPSA) is 29.3 Å². The fourth-order valence-electron chi connectivity index (χ4n) is 2.34. The van der Waals surface area contributed by atoms with Crippen molar-refractivity contribution in [2.45, 2.75) is 25.9 Å². The van der Waals surface area contributed by atoms with Crippen molar-refractivity contribution < 1.29 is 4.39 Å². The third kappa shape index (κ3) is 3.18. The lowest BCUT2D eigenvalue weighted by Gasteiger charge is -2.18.